The molecule has 3 aromatic rings. The number of rotatable bonds is 4. The maximum Gasteiger partial charge on any atom is 4.00 e. The average Bonchev–Trinajstić information content (AvgIpc) is 2.95. The Labute approximate surface area is 240 Å². The van der Waals surface area contributed by atoms with Gasteiger partial charge in [-0.25, -0.2) is 5.57 Å². The fourth-order valence-corrected chi connectivity index (χ4v) is 11.1. The number of halogens is 3. The molecule has 1 aliphatic rings. The molecule has 0 spiro atoms. The molecule has 0 saturated heterocycles. The van der Waals surface area contributed by atoms with Gasteiger partial charge >= 0.3 is 21.7 Å². The van der Waals surface area contributed by atoms with E-state index in [1.54, 1.807) is 0 Å². The molecule has 1 unspecified atom stereocenters. The van der Waals surface area contributed by atoms with Gasteiger partial charge in [-0.15, -0.1) is 6.92 Å². The van der Waals surface area contributed by atoms with Crippen LogP contribution in [0.5, 0.6) is 0 Å². The third-order valence-corrected chi connectivity index (χ3v) is 12.8. The first kappa shape index (κ1) is 32.9. The van der Waals surface area contributed by atoms with Gasteiger partial charge < -0.3 is 37.2 Å². The number of benzene rings is 3. The standard InChI is InChI=1S/C29H31Si.3ClH.Ti/c1-21-12-16-27(17-13-21)30(26-10-8-7-9-11-26,28-18-14-22(2)15-19-28)29(6)20-23(3)24(4)25(29)5;;;;/h7-19H,1-6H3;3*1H;/q-1;;;;+4/p-3. The average molecular weight is 562 g/mol. The van der Waals surface area contributed by atoms with Gasteiger partial charge in [-0.1, -0.05) is 116 Å². The van der Waals surface area contributed by atoms with Crippen LogP contribution in [0.3, 0.4) is 0 Å². The van der Waals surface area contributed by atoms with Crippen molar-refractivity contribution in [2.24, 2.45) is 0 Å². The smallest absolute Gasteiger partial charge is 1.00 e. The summed E-state index contributed by atoms with van der Waals surface area (Å²) in [6, 6.07) is 29.8. The zero-order chi connectivity index (χ0) is 21.5. The number of hydrogen-bond acceptors (Lipinski definition) is 0. The fourth-order valence-electron chi connectivity index (χ4n) is 5.26. The molecule has 0 radical (unpaired) electrons. The predicted octanol–water partition coefficient (Wildman–Crippen LogP) is -3.36. The second kappa shape index (κ2) is 12.8. The third-order valence-electron chi connectivity index (χ3n) is 7.24. The van der Waals surface area contributed by atoms with Crippen LogP contribution < -0.4 is 52.8 Å². The summed E-state index contributed by atoms with van der Waals surface area (Å²) < 4.78 is 0. The SMILES string of the molecule is CC1=[C-]C(C)([Si](c2ccccc2)(c2ccc(C)cc2)c2ccc(C)cc2)C(C)=C1C.[Cl-].[Cl-].[Cl-].[Ti+4]. The predicted molar refractivity (Wildman–Crippen MR) is 133 cm³/mol. The Kier molecular flexibility index (Phi) is 12.4. The first-order valence-corrected chi connectivity index (χ1v) is 12.8. The summed E-state index contributed by atoms with van der Waals surface area (Å²) in [5.74, 6) is 0. The van der Waals surface area contributed by atoms with Crippen molar-refractivity contribution >= 4 is 23.6 Å². The minimum atomic E-state index is -2.50. The Morgan fingerprint density at radius 2 is 0.971 bits per heavy atom. The summed E-state index contributed by atoms with van der Waals surface area (Å²) in [6.45, 7) is 13.6. The van der Waals surface area contributed by atoms with Gasteiger partial charge in [-0.3, -0.25) is 6.08 Å². The van der Waals surface area contributed by atoms with E-state index >= 15 is 0 Å². The molecular weight excluding hydrogens is 531 g/mol. The van der Waals surface area contributed by atoms with E-state index in [9.17, 15) is 0 Å². The van der Waals surface area contributed by atoms with Crippen LogP contribution in [-0.4, -0.2) is 8.07 Å². The molecule has 0 bridgehead atoms. The van der Waals surface area contributed by atoms with Crippen LogP contribution in [0.25, 0.3) is 0 Å². The molecule has 0 saturated carbocycles. The van der Waals surface area contributed by atoms with Crippen molar-refractivity contribution in [3.05, 3.63) is 113 Å². The van der Waals surface area contributed by atoms with Crippen molar-refractivity contribution in [1.82, 2.24) is 0 Å². The molecule has 1 atom stereocenters. The van der Waals surface area contributed by atoms with Crippen LogP contribution in [-0.2, 0) is 21.7 Å². The number of allylic oxidation sites excluding steroid dienone is 4. The van der Waals surface area contributed by atoms with Gasteiger partial charge in [0.15, 0.2) is 0 Å². The van der Waals surface area contributed by atoms with Crippen LogP contribution in [0.2, 0.25) is 5.04 Å². The zero-order valence-corrected chi connectivity index (χ0v) is 25.5. The molecule has 0 amide bonds. The third kappa shape index (κ3) is 5.21. The van der Waals surface area contributed by atoms with E-state index in [1.165, 1.54) is 43.4 Å². The summed E-state index contributed by atoms with van der Waals surface area (Å²) in [4.78, 5) is 0. The van der Waals surface area contributed by atoms with Gasteiger partial charge in [-0.2, -0.15) is 11.1 Å². The molecule has 3 aromatic carbocycles. The van der Waals surface area contributed by atoms with E-state index < -0.39 is 8.07 Å². The van der Waals surface area contributed by atoms with Gasteiger partial charge in [0.2, 0.25) is 0 Å². The van der Waals surface area contributed by atoms with Gasteiger partial charge in [-0.05, 0) is 29.4 Å². The molecule has 0 N–H and O–H groups in total. The van der Waals surface area contributed by atoms with Gasteiger partial charge in [0.25, 0.3) is 0 Å². The second-order valence-electron chi connectivity index (χ2n) is 8.97. The topological polar surface area (TPSA) is 0 Å². The summed E-state index contributed by atoms with van der Waals surface area (Å²) >= 11 is 0. The Balaban J connectivity index is 0.00000272. The van der Waals surface area contributed by atoms with Crippen LogP contribution >= 0.6 is 0 Å². The van der Waals surface area contributed by atoms with E-state index in [-0.39, 0.29) is 64.0 Å². The monoisotopic (exact) mass is 560 g/mol. The van der Waals surface area contributed by atoms with Crippen molar-refractivity contribution in [2.75, 3.05) is 0 Å². The van der Waals surface area contributed by atoms with Crippen molar-refractivity contribution in [1.29, 1.82) is 0 Å². The Hall–Kier alpha value is -1.06. The van der Waals surface area contributed by atoms with Crippen molar-refractivity contribution in [3.8, 4) is 0 Å². The Morgan fingerprint density at radius 1 is 0.588 bits per heavy atom. The molecule has 0 nitrogen and oxygen atoms in total. The first-order valence-electron chi connectivity index (χ1n) is 10.8. The van der Waals surface area contributed by atoms with E-state index in [1.807, 2.05) is 0 Å². The normalized spacial score (nSPS) is 16.9. The second-order valence-corrected chi connectivity index (χ2v) is 13.2. The van der Waals surface area contributed by atoms with Crippen LogP contribution in [0, 0.1) is 19.9 Å². The molecule has 0 fully saturated rings. The van der Waals surface area contributed by atoms with Crippen LogP contribution in [0.15, 0.2) is 95.6 Å². The summed E-state index contributed by atoms with van der Waals surface area (Å²) in [5, 5.41) is 4.17. The molecule has 0 aliphatic heterocycles. The zero-order valence-electron chi connectivity index (χ0n) is 20.6. The van der Waals surface area contributed by atoms with Crippen molar-refractivity contribution in [3.63, 3.8) is 0 Å². The molecule has 0 heterocycles. The maximum absolute atomic E-state index is 4.00. The number of aryl methyl sites for hydroxylation is 2. The van der Waals surface area contributed by atoms with E-state index in [0.717, 1.165) is 0 Å². The molecule has 5 heteroatoms. The maximum atomic E-state index is 4.00. The van der Waals surface area contributed by atoms with Gasteiger partial charge in [0.05, 0.1) is 0 Å². The molecule has 1 aliphatic carbocycles. The largest absolute Gasteiger partial charge is 4.00 e. The van der Waals surface area contributed by atoms with Crippen molar-refractivity contribution < 1.29 is 58.9 Å². The summed E-state index contributed by atoms with van der Waals surface area (Å²) in [5.41, 5.74) is 6.74. The van der Waals surface area contributed by atoms with Crippen molar-refractivity contribution in [2.45, 2.75) is 46.6 Å². The Bertz CT molecular complexity index is 1090. The summed E-state index contributed by atoms with van der Waals surface area (Å²) in [7, 11) is -2.50. The van der Waals surface area contributed by atoms with E-state index in [0.29, 0.717) is 0 Å². The van der Waals surface area contributed by atoms with Crippen LogP contribution in [0.1, 0.15) is 38.8 Å². The number of hydrogen-bond donors (Lipinski definition) is 0. The van der Waals surface area contributed by atoms with Gasteiger partial charge in [0, 0.05) is 0 Å². The van der Waals surface area contributed by atoms with E-state index in [4.69, 9.17) is 0 Å². The van der Waals surface area contributed by atoms with E-state index in [2.05, 4.69) is 126 Å². The Morgan fingerprint density at radius 3 is 1.32 bits per heavy atom. The fraction of sp³-hybridized carbons (Fsp3) is 0.241. The van der Waals surface area contributed by atoms with Crippen LogP contribution in [0.4, 0.5) is 0 Å². The minimum Gasteiger partial charge on any atom is -1.00 e. The molecular formula is C29H31Cl3SiTi. The minimum absolute atomic E-state index is 0. The summed E-state index contributed by atoms with van der Waals surface area (Å²) in [6.07, 6.45) is 4.00. The molecule has 0 aromatic heterocycles. The quantitative estimate of drug-likeness (QED) is 0.178. The molecule has 34 heavy (non-hydrogen) atoms. The molecule has 176 valence electrons. The van der Waals surface area contributed by atoms with Gasteiger partial charge in [0.1, 0.15) is 8.07 Å². The molecule has 4 rings (SSSR count). The first-order chi connectivity index (χ1) is 14.3.